The third-order valence-corrected chi connectivity index (χ3v) is 5.82. The lowest BCUT2D eigenvalue weighted by Gasteiger charge is -2.35. The van der Waals surface area contributed by atoms with Crippen LogP contribution in [0, 0.1) is 5.82 Å². The number of anilines is 2. The highest BCUT2D eigenvalue weighted by molar-refractivity contribution is 6.14. The first kappa shape index (κ1) is 20.8. The monoisotopic (exact) mass is 443 g/mol. The molecule has 0 radical (unpaired) electrons. The molecule has 6 nitrogen and oxygen atoms in total. The fraction of sp³-hybridized carbons (Fsp3) is 0.154. The van der Waals surface area contributed by atoms with E-state index in [2.05, 4.69) is 5.32 Å². The van der Waals surface area contributed by atoms with Crippen molar-refractivity contribution in [2.75, 3.05) is 36.4 Å². The molecule has 0 saturated carbocycles. The maximum absolute atomic E-state index is 14.1. The topological polar surface area (TPSA) is 65.8 Å². The lowest BCUT2D eigenvalue weighted by molar-refractivity contribution is 0.0718. The molecule has 0 bridgehead atoms. The van der Waals surface area contributed by atoms with Crippen molar-refractivity contribution in [1.29, 1.82) is 0 Å². The molecule has 5 rings (SSSR count). The van der Waals surface area contributed by atoms with Gasteiger partial charge in [0.1, 0.15) is 17.1 Å². The number of hydrogen-bond donors (Lipinski definition) is 1. The molecule has 0 atom stereocenters. The molecule has 1 aliphatic rings. The number of para-hydroxylation sites is 2. The van der Waals surface area contributed by atoms with Gasteiger partial charge in [0.25, 0.3) is 11.8 Å². The van der Waals surface area contributed by atoms with Crippen LogP contribution in [0.15, 0.2) is 83.3 Å². The van der Waals surface area contributed by atoms with Crippen LogP contribution in [0.2, 0.25) is 0 Å². The number of halogens is 1. The van der Waals surface area contributed by atoms with Gasteiger partial charge in [0, 0.05) is 37.1 Å². The Hall–Kier alpha value is -4.13. The highest BCUT2D eigenvalue weighted by atomic mass is 19.1. The molecule has 3 aromatic carbocycles. The van der Waals surface area contributed by atoms with Crippen molar-refractivity contribution >= 4 is 34.2 Å². The summed E-state index contributed by atoms with van der Waals surface area (Å²) in [4.78, 5) is 29.8. The number of amides is 2. The third kappa shape index (κ3) is 4.05. The molecule has 0 spiro atoms. The molecule has 1 fully saturated rings. The summed E-state index contributed by atoms with van der Waals surface area (Å²) in [5, 5.41) is 3.53. The van der Waals surface area contributed by atoms with Crippen molar-refractivity contribution < 1.29 is 18.4 Å². The van der Waals surface area contributed by atoms with Crippen molar-refractivity contribution in [3.05, 3.63) is 96.0 Å². The van der Waals surface area contributed by atoms with Crippen molar-refractivity contribution in [2.45, 2.75) is 0 Å². The zero-order valence-corrected chi connectivity index (χ0v) is 17.8. The maximum atomic E-state index is 14.1. The highest BCUT2D eigenvalue weighted by Gasteiger charge is 2.29. The summed E-state index contributed by atoms with van der Waals surface area (Å²) in [6, 6.07) is 22.7. The number of nitrogens with zero attached hydrogens (tertiary/aromatic N) is 2. The quantitative estimate of drug-likeness (QED) is 0.493. The predicted octanol–water partition coefficient (Wildman–Crippen LogP) is 4.79. The minimum absolute atomic E-state index is 0.0971. The molecule has 33 heavy (non-hydrogen) atoms. The van der Waals surface area contributed by atoms with Crippen LogP contribution in [-0.4, -0.2) is 42.9 Å². The van der Waals surface area contributed by atoms with Crippen LogP contribution in [0.25, 0.3) is 11.0 Å². The van der Waals surface area contributed by atoms with Gasteiger partial charge in [0.2, 0.25) is 5.76 Å². The minimum atomic E-state index is -0.319. The Morgan fingerprint density at radius 1 is 0.818 bits per heavy atom. The van der Waals surface area contributed by atoms with Crippen LogP contribution in [0.4, 0.5) is 15.8 Å². The molecule has 7 heteroatoms. The summed E-state index contributed by atoms with van der Waals surface area (Å²) in [6.45, 7) is 1.82. The molecule has 0 unspecified atom stereocenters. The largest absolute Gasteiger partial charge is 0.449 e. The summed E-state index contributed by atoms with van der Waals surface area (Å²) in [7, 11) is 0. The van der Waals surface area contributed by atoms with Gasteiger partial charge < -0.3 is 19.5 Å². The average molecular weight is 443 g/mol. The normalized spacial score (nSPS) is 13.8. The van der Waals surface area contributed by atoms with E-state index >= 15 is 0 Å². The summed E-state index contributed by atoms with van der Waals surface area (Å²) in [5.41, 5.74) is 1.90. The molecule has 166 valence electrons. The third-order valence-electron chi connectivity index (χ3n) is 5.82. The number of furan rings is 1. The molecule has 1 aromatic heterocycles. The Bertz CT molecular complexity index is 1310. The van der Waals surface area contributed by atoms with E-state index < -0.39 is 0 Å². The molecule has 1 saturated heterocycles. The van der Waals surface area contributed by atoms with Gasteiger partial charge >= 0.3 is 0 Å². The Morgan fingerprint density at radius 3 is 2.24 bits per heavy atom. The molecule has 2 amide bonds. The van der Waals surface area contributed by atoms with E-state index in [-0.39, 0.29) is 23.4 Å². The number of rotatable bonds is 4. The van der Waals surface area contributed by atoms with Crippen LogP contribution < -0.4 is 10.2 Å². The van der Waals surface area contributed by atoms with E-state index in [9.17, 15) is 14.0 Å². The molecule has 1 N–H and O–H groups in total. The van der Waals surface area contributed by atoms with Crippen LogP contribution in [0.1, 0.15) is 20.9 Å². The van der Waals surface area contributed by atoms with Gasteiger partial charge in [-0.15, -0.1) is 0 Å². The van der Waals surface area contributed by atoms with E-state index in [1.165, 1.54) is 6.07 Å². The second kappa shape index (κ2) is 8.78. The van der Waals surface area contributed by atoms with E-state index in [0.29, 0.717) is 54.1 Å². The number of benzene rings is 3. The van der Waals surface area contributed by atoms with Gasteiger partial charge in [-0.3, -0.25) is 9.59 Å². The SMILES string of the molecule is O=C(Nc1c(C(=O)N2CCN(c3ccccc3F)CC2)oc2ccccc12)c1ccccc1. The van der Waals surface area contributed by atoms with Gasteiger partial charge in [-0.25, -0.2) is 4.39 Å². The summed E-state index contributed by atoms with van der Waals surface area (Å²) >= 11 is 0. The number of hydrogen-bond acceptors (Lipinski definition) is 4. The maximum Gasteiger partial charge on any atom is 0.291 e. The van der Waals surface area contributed by atoms with Gasteiger partial charge in [-0.1, -0.05) is 42.5 Å². The molecular weight excluding hydrogens is 421 g/mol. The van der Waals surface area contributed by atoms with Gasteiger partial charge in [0.05, 0.1) is 5.69 Å². The first-order valence-corrected chi connectivity index (χ1v) is 10.8. The molecule has 1 aliphatic heterocycles. The minimum Gasteiger partial charge on any atom is -0.449 e. The van der Waals surface area contributed by atoms with Crippen molar-refractivity contribution in [1.82, 2.24) is 4.90 Å². The van der Waals surface area contributed by atoms with Gasteiger partial charge in [-0.2, -0.15) is 0 Å². The van der Waals surface area contributed by atoms with E-state index in [1.807, 2.05) is 29.2 Å². The molecule has 0 aliphatic carbocycles. The van der Waals surface area contributed by atoms with Crippen molar-refractivity contribution in [3.8, 4) is 0 Å². The zero-order valence-electron chi connectivity index (χ0n) is 17.8. The number of piperazine rings is 1. The van der Waals surface area contributed by atoms with E-state index in [4.69, 9.17) is 4.42 Å². The first-order valence-electron chi connectivity index (χ1n) is 10.8. The van der Waals surface area contributed by atoms with Gasteiger partial charge in [0.15, 0.2) is 0 Å². The van der Waals surface area contributed by atoms with Crippen LogP contribution in [0.5, 0.6) is 0 Å². The summed E-state index contributed by atoms with van der Waals surface area (Å²) in [6.07, 6.45) is 0. The fourth-order valence-electron chi connectivity index (χ4n) is 4.10. The lowest BCUT2D eigenvalue weighted by atomic mass is 10.1. The first-order chi connectivity index (χ1) is 16.1. The number of nitrogens with one attached hydrogen (secondary N) is 1. The van der Waals surface area contributed by atoms with Crippen molar-refractivity contribution in [3.63, 3.8) is 0 Å². The van der Waals surface area contributed by atoms with Crippen molar-refractivity contribution in [2.24, 2.45) is 0 Å². The Balaban J connectivity index is 1.39. The fourth-order valence-corrected chi connectivity index (χ4v) is 4.10. The van der Waals surface area contributed by atoms with E-state index in [1.54, 1.807) is 53.4 Å². The molecule has 4 aromatic rings. The van der Waals surface area contributed by atoms with Crippen LogP contribution in [0.3, 0.4) is 0 Å². The Labute approximate surface area is 190 Å². The van der Waals surface area contributed by atoms with Crippen LogP contribution >= 0.6 is 0 Å². The second-order valence-electron chi connectivity index (χ2n) is 7.85. The van der Waals surface area contributed by atoms with Crippen LogP contribution in [-0.2, 0) is 0 Å². The number of carbonyl (C=O) groups excluding carboxylic acids is 2. The smallest absolute Gasteiger partial charge is 0.291 e. The Morgan fingerprint density at radius 2 is 1.48 bits per heavy atom. The number of fused-ring (bicyclic) bond motifs is 1. The zero-order chi connectivity index (χ0) is 22.8. The number of carbonyl (C=O) groups is 2. The molecular formula is C26H22FN3O3. The highest BCUT2D eigenvalue weighted by Crippen LogP contribution is 2.32. The standard InChI is InChI=1S/C26H22FN3O3/c27-20-11-5-6-12-21(20)29-14-16-30(17-15-29)26(32)24-23(19-10-4-7-13-22(19)33-24)28-25(31)18-8-2-1-3-9-18/h1-13H,14-17H2,(H,28,31). The summed E-state index contributed by atoms with van der Waals surface area (Å²) < 4.78 is 20.1. The second-order valence-corrected chi connectivity index (χ2v) is 7.85. The molecule has 2 heterocycles. The predicted molar refractivity (Wildman–Crippen MR) is 125 cm³/mol. The van der Waals surface area contributed by atoms with E-state index in [0.717, 1.165) is 0 Å². The lowest BCUT2D eigenvalue weighted by Crippen LogP contribution is -2.49. The Kier molecular flexibility index (Phi) is 5.52. The average Bonchev–Trinajstić information content (AvgIpc) is 3.23. The van der Waals surface area contributed by atoms with Gasteiger partial charge in [-0.05, 0) is 36.4 Å². The summed E-state index contributed by atoms with van der Waals surface area (Å²) in [5.74, 6) is -0.802.